The number of aliphatic hydroxyl groups is 1. The van der Waals surface area contributed by atoms with Crippen LogP contribution in [0.25, 0.3) is 0 Å². The summed E-state index contributed by atoms with van der Waals surface area (Å²) in [5, 5.41) is 13.0. The number of rotatable bonds is 25. The lowest BCUT2D eigenvalue weighted by atomic mass is 10.1. The molecule has 3 unspecified atom stereocenters. The molecule has 0 aromatic carbocycles. The fraction of sp³-hybridized carbons (Fsp3) is 0.828. The summed E-state index contributed by atoms with van der Waals surface area (Å²) in [6, 6.07) is -0.898. The molecule has 0 aromatic rings. The largest absolute Gasteiger partial charge is 0.756 e. The molecule has 224 valence electrons. The molecular formula is C29H57N2O6P. The predicted octanol–water partition coefficient (Wildman–Crippen LogP) is 5.65. The highest BCUT2D eigenvalue weighted by Crippen LogP contribution is 2.38. The summed E-state index contributed by atoms with van der Waals surface area (Å²) in [5.74, 6) is -0.386. The van der Waals surface area contributed by atoms with E-state index in [2.05, 4.69) is 24.4 Å². The molecule has 0 aliphatic heterocycles. The number of hydrogen-bond acceptors (Lipinski definition) is 6. The lowest BCUT2D eigenvalue weighted by molar-refractivity contribution is -0.870. The van der Waals surface area contributed by atoms with Crippen LogP contribution >= 0.6 is 7.82 Å². The second-order valence-corrected chi connectivity index (χ2v) is 12.6. The predicted molar refractivity (Wildman–Crippen MR) is 155 cm³/mol. The quantitative estimate of drug-likeness (QED) is 0.0646. The van der Waals surface area contributed by atoms with Gasteiger partial charge in [0.1, 0.15) is 13.2 Å². The third kappa shape index (κ3) is 25.3. The van der Waals surface area contributed by atoms with E-state index in [1.165, 1.54) is 77.6 Å². The van der Waals surface area contributed by atoms with E-state index in [0.717, 1.165) is 19.3 Å². The van der Waals surface area contributed by atoms with E-state index in [4.69, 9.17) is 9.05 Å². The summed E-state index contributed by atoms with van der Waals surface area (Å²) in [7, 11) is 1.23. The molecule has 0 spiro atoms. The van der Waals surface area contributed by atoms with E-state index in [-0.39, 0.29) is 12.5 Å². The number of carbonyl (C=O) groups is 1. The molecule has 9 heteroatoms. The monoisotopic (exact) mass is 560 g/mol. The molecule has 0 fully saturated rings. The summed E-state index contributed by atoms with van der Waals surface area (Å²) in [4.78, 5) is 23.5. The lowest BCUT2D eigenvalue weighted by Gasteiger charge is -2.29. The summed E-state index contributed by atoms with van der Waals surface area (Å²) >= 11 is 0. The number of aliphatic hydroxyl groups excluding tert-OH is 1. The first kappa shape index (κ1) is 37.0. The number of carbonyl (C=O) groups excluding carboxylic acids is 1. The summed E-state index contributed by atoms with van der Waals surface area (Å²) in [6.45, 7) is 3.63. The molecule has 8 nitrogen and oxygen atoms in total. The number of likely N-dealkylation sites (N-methyl/N-ethyl adjacent to an activating group) is 1. The van der Waals surface area contributed by atoms with Gasteiger partial charge in [-0.05, 0) is 25.7 Å². The van der Waals surface area contributed by atoms with Crippen LogP contribution in [-0.4, -0.2) is 68.5 Å². The van der Waals surface area contributed by atoms with Gasteiger partial charge in [-0.2, -0.15) is 0 Å². The molecule has 3 atom stereocenters. The van der Waals surface area contributed by atoms with Crippen LogP contribution in [0.1, 0.15) is 104 Å². The molecule has 0 radical (unpaired) electrons. The van der Waals surface area contributed by atoms with Gasteiger partial charge in [0.15, 0.2) is 0 Å². The molecule has 0 saturated carbocycles. The van der Waals surface area contributed by atoms with Crippen molar-refractivity contribution < 1.29 is 32.9 Å². The summed E-state index contributed by atoms with van der Waals surface area (Å²) in [5.41, 5.74) is 0. The van der Waals surface area contributed by atoms with E-state index >= 15 is 0 Å². The lowest BCUT2D eigenvalue weighted by Crippen LogP contribution is -2.45. The Balaban J connectivity index is 4.08. The van der Waals surface area contributed by atoms with Crippen molar-refractivity contribution in [2.24, 2.45) is 0 Å². The van der Waals surface area contributed by atoms with Crippen molar-refractivity contribution in [2.45, 2.75) is 116 Å². The smallest absolute Gasteiger partial charge is 0.268 e. The average Bonchev–Trinajstić information content (AvgIpc) is 2.82. The van der Waals surface area contributed by atoms with Crippen molar-refractivity contribution in [3.8, 4) is 0 Å². The molecule has 0 bridgehead atoms. The van der Waals surface area contributed by atoms with Gasteiger partial charge in [0, 0.05) is 6.92 Å². The summed E-state index contributed by atoms with van der Waals surface area (Å²) < 4.78 is 22.4. The Kier molecular flexibility index (Phi) is 22.1. The van der Waals surface area contributed by atoms with Gasteiger partial charge in [0.25, 0.3) is 7.82 Å². The SMILES string of the molecule is CCCCCCCCCCCCC/C=C/CC/C=C/C(O)C(COP(=O)([O-])OCC[N+](C)(C)C)NC(C)=O. The highest BCUT2D eigenvalue weighted by atomic mass is 31.2. The van der Waals surface area contributed by atoms with Crippen molar-refractivity contribution in [3.05, 3.63) is 24.3 Å². The topological polar surface area (TPSA) is 108 Å². The molecular weight excluding hydrogens is 503 g/mol. The van der Waals surface area contributed by atoms with Gasteiger partial charge >= 0.3 is 0 Å². The van der Waals surface area contributed by atoms with Crippen LogP contribution in [0, 0.1) is 0 Å². The van der Waals surface area contributed by atoms with E-state index in [9.17, 15) is 19.4 Å². The Hall–Kier alpha value is -1.02. The molecule has 0 aliphatic rings. The Morgan fingerprint density at radius 3 is 1.97 bits per heavy atom. The van der Waals surface area contributed by atoms with Crippen LogP contribution in [0.2, 0.25) is 0 Å². The number of quaternary nitrogens is 1. The van der Waals surface area contributed by atoms with E-state index < -0.39 is 26.6 Å². The first-order valence-electron chi connectivity index (χ1n) is 14.6. The number of phosphoric ester groups is 1. The highest BCUT2D eigenvalue weighted by molar-refractivity contribution is 7.45. The molecule has 2 N–H and O–H groups in total. The maximum absolute atomic E-state index is 12.0. The Morgan fingerprint density at radius 2 is 1.42 bits per heavy atom. The van der Waals surface area contributed by atoms with Gasteiger partial charge in [-0.3, -0.25) is 9.36 Å². The fourth-order valence-electron chi connectivity index (χ4n) is 3.85. The average molecular weight is 561 g/mol. The molecule has 0 aromatic heterocycles. The maximum atomic E-state index is 12.0. The van der Waals surface area contributed by atoms with Gasteiger partial charge in [-0.1, -0.05) is 95.4 Å². The van der Waals surface area contributed by atoms with Crippen molar-refractivity contribution in [2.75, 3.05) is 40.9 Å². The Morgan fingerprint density at radius 1 is 0.895 bits per heavy atom. The number of amides is 1. The normalized spacial score (nSPS) is 15.7. The van der Waals surface area contributed by atoms with Gasteiger partial charge < -0.3 is 28.8 Å². The molecule has 1 amide bonds. The van der Waals surface area contributed by atoms with E-state index in [1.54, 1.807) is 6.08 Å². The second-order valence-electron chi connectivity index (χ2n) is 11.2. The van der Waals surface area contributed by atoms with Crippen LogP contribution in [0.5, 0.6) is 0 Å². The number of nitrogens with one attached hydrogen (secondary N) is 1. The number of phosphoric acid groups is 1. The van der Waals surface area contributed by atoms with Gasteiger partial charge in [-0.15, -0.1) is 0 Å². The first-order chi connectivity index (χ1) is 18.0. The molecule has 0 heterocycles. The maximum Gasteiger partial charge on any atom is 0.268 e. The van der Waals surface area contributed by atoms with Crippen LogP contribution in [0.3, 0.4) is 0 Å². The van der Waals surface area contributed by atoms with Crippen LogP contribution in [0.15, 0.2) is 24.3 Å². The van der Waals surface area contributed by atoms with E-state index in [0.29, 0.717) is 11.0 Å². The van der Waals surface area contributed by atoms with Gasteiger partial charge in [0.2, 0.25) is 5.91 Å². The third-order valence-electron chi connectivity index (χ3n) is 6.20. The molecule has 0 aliphatic carbocycles. The third-order valence-corrected chi connectivity index (χ3v) is 7.16. The minimum absolute atomic E-state index is 0.00961. The zero-order valence-electron chi connectivity index (χ0n) is 24.9. The van der Waals surface area contributed by atoms with Gasteiger partial charge in [0.05, 0.1) is 39.9 Å². The number of nitrogens with zero attached hydrogens (tertiary/aromatic N) is 1. The standard InChI is InChI=1S/C29H57N2O6P/c1-6-7-8-9-10-11-12-13-14-15-16-17-18-19-20-21-22-23-29(33)28(30-27(2)32)26-37-38(34,35)36-25-24-31(3,4)5/h18-19,22-23,28-29,33H,6-17,20-21,24-26H2,1-5H3,(H-,30,32,34,35)/b19-18+,23-22+. The number of hydrogen-bond donors (Lipinski definition) is 2. The Labute approximate surface area is 233 Å². The zero-order valence-corrected chi connectivity index (χ0v) is 25.8. The molecule has 0 rings (SSSR count). The fourth-order valence-corrected chi connectivity index (χ4v) is 4.57. The van der Waals surface area contributed by atoms with Crippen LogP contribution in [-0.2, 0) is 18.4 Å². The Bertz CT molecular complexity index is 693. The van der Waals surface area contributed by atoms with Crippen molar-refractivity contribution in [3.63, 3.8) is 0 Å². The minimum Gasteiger partial charge on any atom is -0.756 e. The van der Waals surface area contributed by atoms with Crippen molar-refractivity contribution in [1.82, 2.24) is 5.32 Å². The summed E-state index contributed by atoms with van der Waals surface area (Å²) in [6.07, 6.45) is 24.2. The van der Waals surface area contributed by atoms with E-state index in [1.807, 2.05) is 27.2 Å². The number of allylic oxidation sites excluding steroid dienone is 3. The molecule has 38 heavy (non-hydrogen) atoms. The van der Waals surface area contributed by atoms with Crippen LogP contribution in [0.4, 0.5) is 0 Å². The van der Waals surface area contributed by atoms with Crippen LogP contribution < -0.4 is 10.2 Å². The zero-order chi connectivity index (χ0) is 28.7. The number of unbranched alkanes of at least 4 members (excludes halogenated alkanes) is 12. The second kappa shape index (κ2) is 22.8. The highest BCUT2D eigenvalue weighted by Gasteiger charge is 2.22. The van der Waals surface area contributed by atoms with Crippen molar-refractivity contribution in [1.29, 1.82) is 0 Å². The molecule has 0 saturated heterocycles. The first-order valence-corrected chi connectivity index (χ1v) is 16.1. The van der Waals surface area contributed by atoms with Gasteiger partial charge in [-0.25, -0.2) is 0 Å². The van der Waals surface area contributed by atoms with Crippen molar-refractivity contribution >= 4 is 13.7 Å². The minimum atomic E-state index is -4.54.